The lowest BCUT2D eigenvalue weighted by molar-refractivity contribution is -0.138. The monoisotopic (exact) mass is 197 g/mol. The van der Waals surface area contributed by atoms with Gasteiger partial charge >= 0.3 is 5.97 Å². The molecule has 2 fully saturated rings. The van der Waals surface area contributed by atoms with Gasteiger partial charge in [-0.15, -0.1) is 0 Å². The second kappa shape index (κ2) is 3.89. The summed E-state index contributed by atoms with van der Waals surface area (Å²) in [6, 6.07) is 0. The van der Waals surface area contributed by atoms with Gasteiger partial charge in [-0.1, -0.05) is 6.42 Å². The molecule has 2 bridgehead atoms. The number of carboxylic acids is 1. The molecule has 4 atom stereocenters. The molecule has 0 spiro atoms. The molecule has 2 aliphatic carbocycles. The number of nitrogens with two attached hydrogens (primary N) is 1. The third-order valence-corrected chi connectivity index (χ3v) is 4.14. The van der Waals surface area contributed by atoms with Gasteiger partial charge in [0.25, 0.3) is 0 Å². The van der Waals surface area contributed by atoms with E-state index in [0.717, 1.165) is 18.9 Å². The van der Waals surface area contributed by atoms with E-state index in [0.29, 0.717) is 24.2 Å². The number of carboxylic acid groups (broad SMARTS) is 1. The van der Waals surface area contributed by atoms with Gasteiger partial charge in [-0.3, -0.25) is 4.79 Å². The highest BCUT2D eigenvalue weighted by molar-refractivity contribution is 5.67. The Balaban J connectivity index is 2.02. The van der Waals surface area contributed by atoms with Crippen LogP contribution in [0.3, 0.4) is 0 Å². The summed E-state index contributed by atoms with van der Waals surface area (Å²) in [6.07, 6.45) is 5.22. The van der Waals surface area contributed by atoms with Gasteiger partial charge in [-0.2, -0.15) is 0 Å². The van der Waals surface area contributed by atoms with Crippen LogP contribution in [0.4, 0.5) is 0 Å². The highest BCUT2D eigenvalue weighted by Gasteiger charge is 2.42. The molecule has 2 aliphatic rings. The molecule has 0 heterocycles. The standard InChI is InChI=1S/C11H19NO2/c12-6-8-2-1-7-3-9(5-11(13)14)10(8)4-7/h7-10H,1-6,12H2,(H,13,14)/t7-,8?,9-,10+/m1/s1. The van der Waals surface area contributed by atoms with E-state index in [1.165, 1.54) is 19.3 Å². The number of hydrogen-bond acceptors (Lipinski definition) is 2. The number of carbonyl (C=O) groups is 1. The fourth-order valence-corrected chi connectivity index (χ4v) is 3.51. The molecule has 0 saturated heterocycles. The minimum Gasteiger partial charge on any atom is -0.481 e. The van der Waals surface area contributed by atoms with Gasteiger partial charge in [0.2, 0.25) is 0 Å². The van der Waals surface area contributed by atoms with Crippen molar-refractivity contribution in [1.82, 2.24) is 0 Å². The number of rotatable bonds is 3. The van der Waals surface area contributed by atoms with Crippen LogP contribution < -0.4 is 5.73 Å². The molecular formula is C11H19NO2. The highest BCUT2D eigenvalue weighted by Crippen LogP contribution is 2.49. The van der Waals surface area contributed by atoms with Gasteiger partial charge in [0.15, 0.2) is 0 Å². The molecule has 2 saturated carbocycles. The summed E-state index contributed by atoms with van der Waals surface area (Å²) in [5.41, 5.74) is 5.73. The zero-order valence-electron chi connectivity index (χ0n) is 8.48. The zero-order chi connectivity index (χ0) is 10.1. The third-order valence-electron chi connectivity index (χ3n) is 4.14. The van der Waals surface area contributed by atoms with E-state index in [1.807, 2.05) is 0 Å². The SMILES string of the molecule is NCC1CC[C@@H]2C[C@H](CC(=O)O)[C@H]1C2. The lowest BCUT2D eigenvalue weighted by Crippen LogP contribution is -2.29. The van der Waals surface area contributed by atoms with Crippen LogP contribution in [0.25, 0.3) is 0 Å². The Kier molecular flexibility index (Phi) is 2.77. The fraction of sp³-hybridized carbons (Fsp3) is 0.909. The maximum Gasteiger partial charge on any atom is 0.303 e. The van der Waals surface area contributed by atoms with E-state index >= 15 is 0 Å². The Bertz CT molecular complexity index is 229. The topological polar surface area (TPSA) is 63.3 Å². The smallest absolute Gasteiger partial charge is 0.303 e. The van der Waals surface area contributed by atoms with Crippen molar-refractivity contribution >= 4 is 5.97 Å². The predicted octanol–water partition coefficient (Wildman–Crippen LogP) is 1.47. The normalized spacial score (nSPS) is 41.2. The van der Waals surface area contributed by atoms with Crippen molar-refractivity contribution in [1.29, 1.82) is 0 Å². The average molecular weight is 197 g/mol. The Morgan fingerprint density at radius 2 is 2.07 bits per heavy atom. The minimum atomic E-state index is -0.640. The second-order valence-electron chi connectivity index (χ2n) is 4.93. The van der Waals surface area contributed by atoms with E-state index < -0.39 is 5.97 Å². The van der Waals surface area contributed by atoms with Crippen molar-refractivity contribution < 1.29 is 9.90 Å². The lowest BCUT2D eigenvalue weighted by atomic mass is 9.77. The first kappa shape index (κ1) is 9.97. The van der Waals surface area contributed by atoms with Crippen LogP contribution in [-0.2, 0) is 4.79 Å². The number of aliphatic carboxylic acids is 1. The first-order valence-electron chi connectivity index (χ1n) is 5.62. The molecule has 3 nitrogen and oxygen atoms in total. The Morgan fingerprint density at radius 3 is 2.71 bits per heavy atom. The van der Waals surface area contributed by atoms with Crippen molar-refractivity contribution in [2.24, 2.45) is 29.4 Å². The molecular weight excluding hydrogens is 178 g/mol. The van der Waals surface area contributed by atoms with E-state index in [9.17, 15) is 4.79 Å². The predicted molar refractivity (Wildman–Crippen MR) is 53.7 cm³/mol. The summed E-state index contributed by atoms with van der Waals surface area (Å²) in [5, 5.41) is 8.82. The van der Waals surface area contributed by atoms with Crippen molar-refractivity contribution in [2.75, 3.05) is 6.54 Å². The van der Waals surface area contributed by atoms with Crippen molar-refractivity contribution in [3.8, 4) is 0 Å². The molecule has 3 N–H and O–H groups in total. The molecule has 0 amide bonds. The van der Waals surface area contributed by atoms with Crippen molar-refractivity contribution in [2.45, 2.75) is 32.1 Å². The molecule has 0 aliphatic heterocycles. The maximum absolute atomic E-state index is 10.7. The number of fused-ring (bicyclic) bond motifs is 2. The van der Waals surface area contributed by atoms with Crippen molar-refractivity contribution in [3.63, 3.8) is 0 Å². The van der Waals surface area contributed by atoms with Crippen LogP contribution in [0.15, 0.2) is 0 Å². The fourth-order valence-electron chi connectivity index (χ4n) is 3.51. The second-order valence-corrected chi connectivity index (χ2v) is 4.93. The summed E-state index contributed by atoms with van der Waals surface area (Å²) in [6.45, 7) is 0.744. The Morgan fingerprint density at radius 1 is 1.29 bits per heavy atom. The lowest BCUT2D eigenvalue weighted by Gasteiger charge is -2.29. The largest absolute Gasteiger partial charge is 0.481 e. The van der Waals surface area contributed by atoms with E-state index in [4.69, 9.17) is 10.8 Å². The van der Waals surface area contributed by atoms with Crippen LogP contribution in [0, 0.1) is 23.7 Å². The summed E-state index contributed by atoms with van der Waals surface area (Å²) >= 11 is 0. The number of hydrogen-bond donors (Lipinski definition) is 2. The van der Waals surface area contributed by atoms with E-state index in [2.05, 4.69) is 0 Å². The van der Waals surface area contributed by atoms with Crippen LogP contribution in [0.5, 0.6) is 0 Å². The van der Waals surface area contributed by atoms with Gasteiger partial charge in [0.1, 0.15) is 0 Å². The minimum absolute atomic E-state index is 0.359. The summed E-state index contributed by atoms with van der Waals surface area (Å²) in [5.74, 6) is 1.77. The molecule has 0 radical (unpaired) electrons. The molecule has 0 aromatic carbocycles. The summed E-state index contributed by atoms with van der Waals surface area (Å²) in [7, 11) is 0. The van der Waals surface area contributed by atoms with E-state index in [-0.39, 0.29) is 0 Å². The zero-order valence-corrected chi connectivity index (χ0v) is 8.48. The van der Waals surface area contributed by atoms with Gasteiger partial charge in [-0.25, -0.2) is 0 Å². The van der Waals surface area contributed by atoms with Gasteiger partial charge < -0.3 is 10.8 Å². The molecule has 14 heavy (non-hydrogen) atoms. The molecule has 1 unspecified atom stereocenters. The quantitative estimate of drug-likeness (QED) is 0.720. The molecule has 2 rings (SSSR count). The summed E-state index contributed by atoms with van der Waals surface area (Å²) < 4.78 is 0. The van der Waals surface area contributed by atoms with Gasteiger partial charge in [0, 0.05) is 6.42 Å². The Hall–Kier alpha value is -0.570. The molecule has 0 aromatic rings. The first-order chi connectivity index (χ1) is 6.70. The Labute approximate surface area is 84.7 Å². The van der Waals surface area contributed by atoms with Crippen molar-refractivity contribution in [3.05, 3.63) is 0 Å². The maximum atomic E-state index is 10.7. The first-order valence-corrected chi connectivity index (χ1v) is 5.62. The van der Waals surface area contributed by atoms with Crippen LogP contribution in [0.2, 0.25) is 0 Å². The third kappa shape index (κ3) is 1.78. The highest BCUT2D eigenvalue weighted by atomic mass is 16.4. The molecule has 3 heteroatoms. The van der Waals surface area contributed by atoms with E-state index in [1.54, 1.807) is 0 Å². The van der Waals surface area contributed by atoms with Gasteiger partial charge in [0.05, 0.1) is 0 Å². The molecule has 0 aromatic heterocycles. The summed E-state index contributed by atoms with van der Waals surface area (Å²) in [4.78, 5) is 10.7. The molecule has 80 valence electrons. The average Bonchev–Trinajstić information content (AvgIpc) is 2.44. The van der Waals surface area contributed by atoms with Crippen LogP contribution in [-0.4, -0.2) is 17.6 Å². The van der Waals surface area contributed by atoms with Crippen LogP contribution >= 0.6 is 0 Å². The van der Waals surface area contributed by atoms with Gasteiger partial charge in [-0.05, 0) is 49.5 Å². The van der Waals surface area contributed by atoms with Crippen LogP contribution in [0.1, 0.15) is 32.1 Å².